The molecular formula is C52H40N4O. The first-order valence-electron chi connectivity index (χ1n) is 19.6. The molecule has 5 nitrogen and oxygen atoms in total. The summed E-state index contributed by atoms with van der Waals surface area (Å²) < 4.78 is 9.20. The molecule has 3 heterocycles. The zero-order chi connectivity index (χ0) is 38.3. The first kappa shape index (κ1) is 33.2. The van der Waals surface area contributed by atoms with E-state index in [0.29, 0.717) is 6.67 Å². The number of pyridine rings is 1. The number of benzene rings is 7. The van der Waals surface area contributed by atoms with Gasteiger partial charge < -0.3 is 14.5 Å². The highest BCUT2D eigenvalue weighted by atomic mass is 16.5. The lowest BCUT2D eigenvalue weighted by Gasteiger charge is -2.27. The van der Waals surface area contributed by atoms with Crippen LogP contribution in [-0.2, 0) is 5.41 Å². The van der Waals surface area contributed by atoms with Gasteiger partial charge in [0.15, 0.2) is 0 Å². The lowest BCUT2D eigenvalue weighted by Crippen LogP contribution is -2.25. The highest BCUT2D eigenvalue weighted by Crippen LogP contribution is 2.53. The Morgan fingerprint density at radius 3 is 1.91 bits per heavy atom. The molecule has 0 atom stereocenters. The maximum absolute atomic E-state index is 6.90. The van der Waals surface area contributed by atoms with E-state index in [2.05, 4.69) is 199 Å². The number of aromatic nitrogens is 2. The fourth-order valence-corrected chi connectivity index (χ4v) is 9.28. The number of hydrogen-bond acceptors (Lipinski definition) is 4. The molecule has 1 aliphatic carbocycles. The third-order valence-corrected chi connectivity index (χ3v) is 11.9. The van der Waals surface area contributed by atoms with Gasteiger partial charge >= 0.3 is 0 Å². The number of nitrogens with zero attached hydrogens (tertiary/aromatic N) is 4. The van der Waals surface area contributed by atoms with E-state index < -0.39 is 0 Å². The van der Waals surface area contributed by atoms with E-state index in [9.17, 15) is 0 Å². The molecule has 0 N–H and O–H groups in total. The van der Waals surface area contributed by atoms with Crippen LogP contribution in [-0.4, -0.2) is 16.2 Å². The fraction of sp³-hybridized carbons (Fsp3) is 0.0962. The van der Waals surface area contributed by atoms with Gasteiger partial charge in [0.1, 0.15) is 24.0 Å². The molecule has 0 spiro atoms. The predicted octanol–water partition coefficient (Wildman–Crippen LogP) is 13.5. The Hall–Kier alpha value is -7.11. The topological polar surface area (TPSA) is 33.5 Å². The molecule has 0 saturated carbocycles. The standard InChI is InChI=1S/C52H40N4O/c1-34-27-28-53-48(29-34)56-46-26-14-23-42-49(46)50-43(52(42,2)3)31-39(32-47(50)56)57-38-20-12-19-37(30-38)54-33-55(45-25-11-10-24-44(45)54)51-40(35-15-6-4-7-16-35)21-13-22-41(51)36-17-8-5-9-18-36/h4-32H,33H2,1-3H3. The summed E-state index contributed by atoms with van der Waals surface area (Å²) in [6.07, 6.45) is 1.90. The summed E-state index contributed by atoms with van der Waals surface area (Å²) in [4.78, 5) is 9.71. The molecule has 0 unspecified atom stereocenters. The van der Waals surface area contributed by atoms with Crippen molar-refractivity contribution in [3.63, 3.8) is 0 Å². The summed E-state index contributed by atoms with van der Waals surface area (Å²) in [5.41, 5.74) is 15.2. The van der Waals surface area contributed by atoms with Crippen molar-refractivity contribution in [2.45, 2.75) is 26.2 Å². The van der Waals surface area contributed by atoms with Crippen LogP contribution < -0.4 is 14.5 Å². The van der Waals surface area contributed by atoms with Gasteiger partial charge in [0.05, 0.1) is 28.1 Å². The number of hydrogen-bond donors (Lipinski definition) is 0. The molecule has 9 aromatic rings. The molecule has 0 radical (unpaired) electrons. The molecule has 1 aliphatic heterocycles. The molecule has 0 amide bonds. The van der Waals surface area contributed by atoms with Gasteiger partial charge in [0.2, 0.25) is 0 Å². The van der Waals surface area contributed by atoms with Crippen molar-refractivity contribution in [1.82, 2.24) is 9.55 Å². The molecule has 7 aromatic carbocycles. The molecule has 0 fully saturated rings. The smallest absolute Gasteiger partial charge is 0.137 e. The molecule has 0 bridgehead atoms. The van der Waals surface area contributed by atoms with Crippen LogP contribution in [0.3, 0.4) is 0 Å². The fourth-order valence-electron chi connectivity index (χ4n) is 9.28. The van der Waals surface area contributed by atoms with Crippen molar-refractivity contribution in [2.75, 3.05) is 16.5 Å². The Balaban J connectivity index is 1.01. The van der Waals surface area contributed by atoms with E-state index in [-0.39, 0.29) is 5.41 Å². The zero-order valence-corrected chi connectivity index (χ0v) is 32.1. The van der Waals surface area contributed by atoms with E-state index >= 15 is 0 Å². The summed E-state index contributed by atoms with van der Waals surface area (Å²) in [7, 11) is 0. The van der Waals surface area contributed by atoms with Crippen LogP contribution in [0.15, 0.2) is 176 Å². The average molecular weight is 737 g/mol. The third kappa shape index (κ3) is 5.19. The number of rotatable bonds is 7. The first-order chi connectivity index (χ1) is 27.9. The van der Waals surface area contributed by atoms with E-state index in [1.807, 2.05) is 12.3 Å². The lowest BCUT2D eigenvalue weighted by molar-refractivity contribution is 0.481. The van der Waals surface area contributed by atoms with Gasteiger partial charge in [-0.15, -0.1) is 0 Å². The van der Waals surface area contributed by atoms with Crippen LogP contribution >= 0.6 is 0 Å². The quantitative estimate of drug-likeness (QED) is 0.163. The van der Waals surface area contributed by atoms with Crippen LogP contribution in [0.1, 0.15) is 30.5 Å². The molecule has 5 heteroatoms. The van der Waals surface area contributed by atoms with E-state index in [1.165, 1.54) is 60.9 Å². The minimum atomic E-state index is -0.167. The normalized spacial score (nSPS) is 13.9. The van der Waals surface area contributed by atoms with E-state index in [4.69, 9.17) is 9.72 Å². The third-order valence-electron chi connectivity index (χ3n) is 11.9. The van der Waals surface area contributed by atoms with E-state index in [0.717, 1.165) is 39.9 Å². The van der Waals surface area contributed by atoms with Crippen molar-refractivity contribution in [1.29, 1.82) is 0 Å². The Bertz CT molecular complexity index is 2960. The molecule has 2 aromatic heterocycles. The summed E-state index contributed by atoms with van der Waals surface area (Å²) in [5, 5.41) is 2.60. The molecule has 274 valence electrons. The second kappa shape index (κ2) is 12.7. The SMILES string of the molecule is Cc1ccnc(-n2c3cccc4c3c3c(cc(Oc5cccc(N6CN(c7c(-c8ccccc8)cccc7-c7ccccc7)c7ccccc76)c5)cc32)C4(C)C)c1. The van der Waals surface area contributed by atoms with Crippen molar-refractivity contribution >= 4 is 44.6 Å². The second-order valence-electron chi connectivity index (χ2n) is 15.7. The van der Waals surface area contributed by atoms with Crippen LogP contribution in [0.4, 0.5) is 22.7 Å². The van der Waals surface area contributed by atoms with Crippen LogP contribution in [0.5, 0.6) is 11.5 Å². The largest absolute Gasteiger partial charge is 0.457 e. The zero-order valence-electron chi connectivity index (χ0n) is 32.1. The molecule has 0 saturated heterocycles. The Labute approximate surface area is 332 Å². The van der Waals surface area contributed by atoms with Gasteiger partial charge in [0.25, 0.3) is 0 Å². The molecule has 11 rings (SSSR count). The van der Waals surface area contributed by atoms with Crippen molar-refractivity contribution in [2.24, 2.45) is 0 Å². The predicted molar refractivity (Wildman–Crippen MR) is 235 cm³/mol. The molecular weight excluding hydrogens is 697 g/mol. The summed E-state index contributed by atoms with van der Waals surface area (Å²) in [5.74, 6) is 2.51. The number of fused-ring (bicyclic) bond motifs is 1. The molecule has 57 heavy (non-hydrogen) atoms. The van der Waals surface area contributed by atoms with Gasteiger partial charge in [-0.2, -0.15) is 0 Å². The van der Waals surface area contributed by atoms with Gasteiger partial charge in [-0.05, 0) is 83.3 Å². The minimum absolute atomic E-state index is 0.167. The summed E-state index contributed by atoms with van der Waals surface area (Å²) in [6, 6.07) is 60.7. The van der Waals surface area contributed by atoms with Crippen LogP contribution in [0.2, 0.25) is 0 Å². The maximum atomic E-state index is 6.90. The number of anilines is 4. The highest BCUT2D eigenvalue weighted by Gasteiger charge is 2.37. The van der Waals surface area contributed by atoms with Gasteiger partial charge in [-0.25, -0.2) is 4.98 Å². The average Bonchev–Trinajstić information content (AvgIpc) is 3.87. The number of aryl methyl sites for hydroxylation is 1. The first-order valence-corrected chi connectivity index (χ1v) is 19.6. The van der Waals surface area contributed by atoms with Gasteiger partial charge in [0, 0.05) is 51.3 Å². The van der Waals surface area contributed by atoms with E-state index in [1.54, 1.807) is 0 Å². The number of ether oxygens (including phenoxy) is 1. The van der Waals surface area contributed by atoms with Crippen LogP contribution in [0, 0.1) is 6.92 Å². The Kier molecular flexibility index (Phi) is 7.42. The summed E-state index contributed by atoms with van der Waals surface area (Å²) >= 11 is 0. The molecule has 2 aliphatic rings. The lowest BCUT2D eigenvalue weighted by atomic mass is 9.81. The van der Waals surface area contributed by atoms with Gasteiger partial charge in [-0.3, -0.25) is 4.57 Å². The van der Waals surface area contributed by atoms with Crippen molar-refractivity contribution in [3.8, 4) is 39.6 Å². The monoisotopic (exact) mass is 736 g/mol. The van der Waals surface area contributed by atoms with Gasteiger partial charge in [-0.1, -0.05) is 123 Å². The minimum Gasteiger partial charge on any atom is -0.457 e. The Morgan fingerprint density at radius 1 is 0.544 bits per heavy atom. The highest BCUT2D eigenvalue weighted by molar-refractivity contribution is 6.16. The Morgan fingerprint density at radius 2 is 1.19 bits per heavy atom. The van der Waals surface area contributed by atoms with Crippen LogP contribution in [0.25, 0.3) is 49.9 Å². The van der Waals surface area contributed by atoms with Crippen molar-refractivity contribution in [3.05, 3.63) is 193 Å². The maximum Gasteiger partial charge on any atom is 0.137 e. The van der Waals surface area contributed by atoms with Crippen molar-refractivity contribution < 1.29 is 4.74 Å². The summed E-state index contributed by atoms with van der Waals surface area (Å²) in [6.45, 7) is 7.41. The number of para-hydroxylation sites is 3. The second-order valence-corrected chi connectivity index (χ2v) is 15.7.